The van der Waals surface area contributed by atoms with Gasteiger partial charge in [-0.05, 0) is 43.9 Å². The first-order chi connectivity index (χ1) is 11.0. The molecule has 0 radical (unpaired) electrons. The van der Waals surface area contributed by atoms with E-state index < -0.39 is 0 Å². The van der Waals surface area contributed by atoms with Crippen LogP contribution >= 0.6 is 0 Å². The molecule has 0 unspecified atom stereocenters. The lowest BCUT2D eigenvalue weighted by Crippen LogP contribution is -2.40. The van der Waals surface area contributed by atoms with Crippen molar-refractivity contribution < 1.29 is 9.59 Å². The van der Waals surface area contributed by atoms with Gasteiger partial charge in [0.2, 0.25) is 11.8 Å². The maximum absolute atomic E-state index is 12.2. The first kappa shape index (κ1) is 17.5. The summed E-state index contributed by atoms with van der Waals surface area (Å²) in [7, 11) is 0. The van der Waals surface area contributed by atoms with Gasteiger partial charge in [-0.2, -0.15) is 0 Å². The molecule has 1 saturated carbocycles. The van der Waals surface area contributed by atoms with E-state index in [-0.39, 0.29) is 17.7 Å². The molecular formula is C19H28N2O2. The second-order valence-electron chi connectivity index (χ2n) is 6.52. The SMILES string of the molecule is CC(=O)N(CCNC(=O)C1CCCCC1)c1cccc(C)c1C. The Hall–Kier alpha value is -1.84. The summed E-state index contributed by atoms with van der Waals surface area (Å²) in [5.41, 5.74) is 3.21. The van der Waals surface area contributed by atoms with Crippen LogP contribution in [0.15, 0.2) is 18.2 Å². The molecule has 2 rings (SSSR count). The molecule has 0 saturated heterocycles. The number of benzene rings is 1. The van der Waals surface area contributed by atoms with Crippen LogP contribution in [-0.4, -0.2) is 24.9 Å². The maximum Gasteiger partial charge on any atom is 0.223 e. The van der Waals surface area contributed by atoms with Gasteiger partial charge in [0.1, 0.15) is 0 Å². The largest absolute Gasteiger partial charge is 0.354 e. The van der Waals surface area contributed by atoms with Crippen LogP contribution in [0.1, 0.15) is 50.2 Å². The smallest absolute Gasteiger partial charge is 0.223 e. The number of carbonyl (C=O) groups excluding carboxylic acids is 2. The normalized spacial score (nSPS) is 15.3. The number of hydrogen-bond acceptors (Lipinski definition) is 2. The molecule has 1 aliphatic carbocycles. The second-order valence-corrected chi connectivity index (χ2v) is 6.52. The lowest BCUT2D eigenvalue weighted by atomic mass is 9.89. The van der Waals surface area contributed by atoms with Gasteiger partial charge in [0.15, 0.2) is 0 Å². The van der Waals surface area contributed by atoms with Gasteiger partial charge in [-0.15, -0.1) is 0 Å². The van der Waals surface area contributed by atoms with Crippen LogP contribution in [0.3, 0.4) is 0 Å². The molecule has 0 aromatic heterocycles. The minimum atomic E-state index is 0.00520. The van der Waals surface area contributed by atoms with E-state index >= 15 is 0 Å². The van der Waals surface area contributed by atoms with Gasteiger partial charge in [-0.3, -0.25) is 9.59 Å². The molecule has 4 heteroatoms. The number of hydrogen-bond donors (Lipinski definition) is 1. The van der Waals surface area contributed by atoms with Crippen molar-refractivity contribution >= 4 is 17.5 Å². The van der Waals surface area contributed by atoms with Crippen LogP contribution in [0.5, 0.6) is 0 Å². The third-order valence-corrected chi connectivity index (χ3v) is 4.86. The molecule has 2 amide bonds. The fourth-order valence-corrected chi connectivity index (χ4v) is 3.28. The molecular weight excluding hydrogens is 288 g/mol. The van der Waals surface area contributed by atoms with Gasteiger partial charge in [0.25, 0.3) is 0 Å². The number of rotatable bonds is 5. The van der Waals surface area contributed by atoms with Crippen LogP contribution in [-0.2, 0) is 9.59 Å². The highest BCUT2D eigenvalue weighted by atomic mass is 16.2. The van der Waals surface area contributed by atoms with E-state index in [0.717, 1.165) is 36.9 Å². The Morgan fingerprint density at radius 3 is 2.52 bits per heavy atom. The minimum absolute atomic E-state index is 0.00520. The molecule has 1 aromatic rings. The van der Waals surface area contributed by atoms with Gasteiger partial charge >= 0.3 is 0 Å². The van der Waals surface area contributed by atoms with Gasteiger partial charge in [0.05, 0.1) is 0 Å². The molecule has 1 fully saturated rings. The van der Waals surface area contributed by atoms with Crippen LogP contribution < -0.4 is 10.2 Å². The Morgan fingerprint density at radius 2 is 1.87 bits per heavy atom. The number of nitrogens with one attached hydrogen (secondary N) is 1. The lowest BCUT2D eigenvalue weighted by Gasteiger charge is -2.25. The molecule has 1 N–H and O–H groups in total. The molecule has 23 heavy (non-hydrogen) atoms. The van der Waals surface area contributed by atoms with Crippen molar-refractivity contribution in [2.45, 2.75) is 52.9 Å². The quantitative estimate of drug-likeness (QED) is 0.905. The van der Waals surface area contributed by atoms with Crippen molar-refractivity contribution in [3.63, 3.8) is 0 Å². The van der Waals surface area contributed by atoms with E-state index in [9.17, 15) is 9.59 Å². The van der Waals surface area contributed by atoms with Gasteiger partial charge in [0, 0.05) is 31.6 Å². The van der Waals surface area contributed by atoms with Crippen LogP contribution in [0.4, 0.5) is 5.69 Å². The number of carbonyl (C=O) groups is 2. The lowest BCUT2D eigenvalue weighted by molar-refractivity contribution is -0.126. The number of aryl methyl sites for hydroxylation is 1. The van der Waals surface area contributed by atoms with Crippen LogP contribution in [0.2, 0.25) is 0 Å². The van der Waals surface area contributed by atoms with E-state index in [4.69, 9.17) is 0 Å². The molecule has 126 valence electrons. The van der Waals surface area contributed by atoms with Gasteiger partial charge in [-0.25, -0.2) is 0 Å². The first-order valence-corrected chi connectivity index (χ1v) is 8.62. The van der Waals surface area contributed by atoms with Crippen molar-refractivity contribution in [1.29, 1.82) is 0 Å². The summed E-state index contributed by atoms with van der Waals surface area (Å²) in [6, 6.07) is 5.98. The highest BCUT2D eigenvalue weighted by molar-refractivity contribution is 5.92. The Balaban J connectivity index is 1.94. The Kier molecular flexibility index (Phi) is 6.20. The van der Waals surface area contributed by atoms with E-state index in [1.54, 1.807) is 11.8 Å². The highest BCUT2D eigenvalue weighted by Crippen LogP contribution is 2.24. The van der Waals surface area contributed by atoms with E-state index in [0.29, 0.717) is 13.1 Å². The topological polar surface area (TPSA) is 49.4 Å². The number of anilines is 1. The van der Waals surface area contributed by atoms with Crippen molar-refractivity contribution in [2.24, 2.45) is 5.92 Å². The predicted octanol–water partition coefficient (Wildman–Crippen LogP) is 3.35. The van der Waals surface area contributed by atoms with E-state index in [2.05, 4.69) is 5.32 Å². The molecule has 0 aliphatic heterocycles. The summed E-state index contributed by atoms with van der Waals surface area (Å²) < 4.78 is 0. The predicted molar refractivity (Wildman–Crippen MR) is 93.5 cm³/mol. The van der Waals surface area contributed by atoms with Crippen LogP contribution in [0.25, 0.3) is 0 Å². The second kappa shape index (κ2) is 8.14. The Morgan fingerprint density at radius 1 is 1.17 bits per heavy atom. The minimum Gasteiger partial charge on any atom is -0.354 e. The summed E-state index contributed by atoms with van der Waals surface area (Å²) in [4.78, 5) is 25.9. The summed E-state index contributed by atoms with van der Waals surface area (Å²) in [6.45, 7) is 6.66. The molecule has 0 atom stereocenters. The summed E-state index contributed by atoms with van der Waals surface area (Å²) in [5.74, 6) is 0.315. The molecule has 0 bridgehead atoms. The average molecular weight is 316 g/mol. The third-order valence-electron chi connectivity index (χ3n) is 4.86. The Labute approximate surface area is 139 Å². The number of nitrogens with zero attached hydrogens (tertiary/aromatic N) is 1. The van der Waals surface area contributed by atoms with Crippen molar-refractivity contribution in [3.05, 3.63) is 29.3 Å². The van der Waals surface area contributed by atoms with E-state index in [1.807, 2.05) is 32.0 Å². The van der Waals surface area contributed by atoms with Gasteiger partial charge < -0.3 is 10.2 Å². The van der Waals surface area contributed by atoms with Crippen molar-refractivity contribution in [1.82, 2.24) is 5.32 Å². The molecule has 1 aromatic carbocycles. The Bertz CT molecular complexity index is 562. The maximum atomic E-state index is 12.2. The monoisotopic (exact) mass is 316 g/mol. The summed E-state index contributed by atoms with van der Waals surface area (Å²) >= 11 is 0. The van der Waals surface area contributed by atoms with Crippen LogP contribution in [0, 0.1) is 19.8 Å². The molecule has 0 spiro atoms. The van der Waals surface area contributed by atoms with Gasteiger partial charge in [-0.1, -0.05) is 31.4 Å². The van der Waals surface area contributed by atoms with Crippen molar-refractivity contribution in [3.8, 4) is 0 Å². The number of amides is 2. The first-order valence-electron chi connectivity index (χ1n) is 8.62. The fraction of sp³-hybridized carbons (Fsp3) is 0.579. The fourth-order valence-electron chi connectivity index (χ4n) is 3.28. The van der Waals surface area contributed by atoms with E-state index in [1.165, 1.54) is 12.0 Å². The zero-order valence-corrected chi connectivity index (χ0v) is 14.5. The van der Waals surface area contributed by atoms with Crippen molar-refractivity contribution in [2.75, 3.05) is 18.0 Å². The zero-order valence-electron chi connectivity index (χ0n) is 14.5. The standard InChI is InChI=1S/C19H28N2O2/c1-14-8-7-11-18(15(14)2)21(16(3)22)13-12-20-19(23)17-9-5-4-6-10-17/h7-8,11,17H,4-6,9-10,12-13H2,1-3H3,(H,20,23). The molecule has 4 nitrogen and oxygen atoms in total. The molecule has 1 aliphatic rings. The zero-order chi connectivity index (χ0) is 16.8. The summed E-state index contributed by atoms with van der Waals surface area (Å²) in [6.07, 6.45) is 5.55. The third kappa shape index (κ3) is 4.57. The average Bonchev–Trinajstić information content (AvgIpc) is 2.55. The highest BCUT2D eigenvalue weighted by Gasteiger charge is 2.21. The molecule has 0 heterocycles. The summed E-state index contributed by atoms with van der Waals surface area (Å²) in [5, 5.41) is 3.01.